The van der Waals surface area contributed by atoms with Gasteiger partial charge in [0.2, 0.25) is 5.91 Å². The summed E-state index contributed by atoms with van der Waals surface area (Å²) in [5.74, 6) is 0.0893. The van der Waals surface area contributed by atoms with Crippen molar-refractivity contribution in [2.24, 2.45) is 0 Å². The molecule has 1 aromatic heterocycles. The van der Waals surface area contributed by atoms with Crippen LogP contribution in [0.5, 0.6) is 0 Å². The van der Waals surface area contributed by atoms with E-state index < -0.39 is 10.0 Å². The van der Waals surface area contributed by atoms with Crippen molar-refractivity contribution in [2.75, 3.05) is 26.2 Å². The van der Waals surface area contributed by atoms with Crippen LogP contribution >= 0.6 is 11.3 Å². The molecule has 0 unspecified atom stereocenters. The zero-order valence-electron chi connectivity index (χ0n) is 11.8. The van der Waals surface area contributed by atoms with E-state index in [4.69, 9.17) is 0 Å². The van der Waals surface area contributed by atoms with Crippen LogP contribution in [0.4, 0.5) is 0 Å². The number of sulfonamides is 1. The fourth-order valence-electron chi connectivity index (χ4n) is 2.22. The number of nitrogens with zero attached hydrogens (tertiary/aromatic N) is 2. The monoisotopic (exact) mass is 316 g/mol. The zero-order valence-corrected chi connectivity index (χ0v) is 13.5. The largest absolute Gasteiger partial charge is 0.340 e. The molecule has 5 nitrogen and oxygen atoms in total. The third-order valence-electron chi connectivity index (χ3n) is 3.47. The van der Waals surface area contributed by atoms with Gasteiger partial charge in [0.05, 0.1) is 0 Å². The van der Waals surface area contributed by atoms with Gasteiger partial charge in [-0.15, -0.1) is 11.3 Å². The highest BCUT2D eigenvalue weighted by atomic mass is 32.2. The Morgan fingerprint density at radius 2 is 1.85 bits per heavy atom. The van der Waals surface area contributed by atoms with Gasteiger partial charge in [-0.2, -0.15) is 4.31 Å². The number of hydrogen-bond acceptors (Lipinski definition) is 4. The minimum Gasteiger partial charge on any atom is -0.340 e. The van der Waals surface area contributed by atoms with Gasteiger partial charge < -0.3 is 4.90 Å². The van der Waals surface area contributed by atoms with Gasteiger partial charge in [-0.05, 0) is 18.6 Å². The summed E-state index contributed by atoms with van der Waals surface area (Å²) in [6, 6.07) is 3.55. The van der Waals surface area contributed by atoms with Crippen LogP contribution in [0.25, 0.3) is 0 Å². The summed E-state index contributed by atoms with van der Waals surface area (Å²) in [4.78, 5) is 14.4. The number of piperazine rings is 1. The second kappa shape index (κ2) is 6.24. The highest BCUT2D eigenvalue weighted by Crippen LogP contribution is 2.26. The highest BCUT2D eigenvalue weighted by molar-refractivity contribution is 7.91. The van der Waals surface area contributed by atoms with E-state index in [-0.39, 0.29) is 5.91 Å². The highest BCUT2D eigenvalue weighted by Gasteiger charge is 2.30. The van der Waals surface area contributed by atoms with E-state index in [0.717, 1.165) is 11.3 Å². The van der Waals surface area contributed by atoms with Crippen LogP contribution in [0.15, 0.2) is 16.3 Å². The molecule has 0 spiro atoms. The Balaban J connectivity index is 2.07. The summed E-state index contributed by atoms with van der Waals surface area (Å²) in [6.45, 7) is 5.57. The van der Waals surface area contributed by atoms with E-state index in [9.17, 15) is 13.2 Å². The lowest BCUT2D eigenvalue weighted by Gasteiger charge is -2.33. The van der Waals surface area contributed by atoms with Gasteiger partial charge in [-0.3, -0.25) is 4.79 Å². The molecule has 1 saturated heterocycles. The molecular formula is C13H20N2O3S2. The molecule has 0 saturated carbocycles. The second-order valence-electron chi connectivity index (χ2n) is 4.71. The maximum absolute atomic E-state index is 12.5. The molecule has 0 N–H and O–H groups in total. The van der Waals surface area contributed by atoms with Gasteiger partial charge in [0.1, 0.15) is 4.21 Å². The van der Waals surface area contributed by atoms with Crippen LogP contribution in [0, 0.1) is 0 Å². The number of carbonyl (C=O) groups is 1. The van der Waals surface area contributed by atoms with Gasteiger partial charge in [-0.1, -0.05) is 13.8 Å². The molecule has 0 radical (unpaired) electrons. The molecule has 1 fully saturated rings. The number of rotatable bonds is 4. The van der Waals surface area contributed by atoms with Crippen LogP contribution in [0.2, 0.25) is 0 Å². The molecule has 1 aliphatic rings. The Morgan fingerprint density at radius 1 is 1.20 bits per heavy atom. The van der Waals surface area contributed by atoms with Crippen molar-refractivity contribution in [3.05, 3.63) is 17.0 Å². The van der Waals surface area contributed by atoms with Crippen molar-refractivity contribution in [3.63, 3.8) is 0 Å². The van der Waals surface area contributed by atoms with Crippen LogP contribution in [-0.4, -0.2) is 49.7 Å². The van der Waals surface area contributed by atoms with Crippen LogP contribution < -0.4 is 0 Å². The predicted molar refractivity (Wildman–Crippen MR) is 79.3 cm³/mol. The molecule has 2 rings (SSSR count). The summed E-state index contributed by atoms with van der Waals surface area (Å²) in [7, 11) is -3.39. The summed E-state index contributed by atoms with van der Waals surface area (Å²) >= 11 is 1.33. The minimum atomic E-state index is -3.39. The van der Waals surface area contributed by atoms with E-state index >= 15 is 0 Å². The van der Waals surface area contributed by atoms with E-state index in [0.29, 0.717) is 36.8 Å². The molecule has 0 aliphatic carbocycles. The Bertz CT molecular complexity index is 572. The second-order valence-corrected chi connectivity index (χ2v) is 8.05. The van der Waals surface area contributed by atoms with Crippen molar-refractivity contribution in [3.8, 4) is 0 Å². The first-order valence-electron chi connectivity index (χ1n) is 6.85. The molecule has 112 valence electrons. The van der Waals surface area contributed by atoms with Gasteiger partial charge >= 0.3 is 0 Å². The summed E-state index contributed by atoms with van der Waals surface area (Å²) in [6.07, 6.45) is 1.32. The van der Waals surface area contributed by atoms with Gasteiger partial charge in [0, 0.05) is 37.5 Å². The lowest BCUT2D eigenvalue weighted by Crippen LogP contribution is -2.50. The minimum absolute atomic E-state index is 0.0893. The standard InChI is InChI=1S/C13H20N2O3S2/c1-3-11-5-6-13(19-11)20(17,18)15-9-7-14(8-10-15)12(16)4-2/h5-6H,3-4,7-10H2,1-2H3. The lowest BCUT2D eigenvalue weighted by atomic mass is 10.3. The molecule has 1 amide bonds. The average Bonchev–Trinajstić information content (AvgIpc) is 2.96. The van der Waals surface area contributed by atoms with Gasteiger partial charge in [0.15, 0.2) is 0 Å². The normalized spacial score (nSPS) is 17.4. The molecular weight excluding hydrogens is 296 g/mol. The fourth-order valence-corrected chi connectivity index (χ4v) is 5.09. The van der Waals surface area contributed by atoms with Crippen LogP contribution in [0.3, 0.4) is 0 Å². The maximum Gasteiger partial charge on any atom is 0.252 e. The molecule has 0 atom stereocenters. The zero-order chi connectivity index (χ0) is 14.8. The van der Waals surface area contributed by atoms with E-state index in [1.165, 1.54) is 15.6 Å². The van der Waals surface area contributed by atoms with Crippen molar-refractivity contribution in [1.29, 1.82) is 0 Å². The number of hydrogen-bond donors (Lipinski definition) is 0. The lowest BCUT2D eigenvalue weighted by molar-refractivity contribution is -0.132. The molecule has 0 aromatic carbocycles. The smallest absolute Gasteiger partial charge is 0.252 e. The quantitative estimate of drug-likeness (QED) is 0.847. The van der Waals surface area contributed by atoms with Crippen molar-refractivity contribution in [1.82, 2.24) is 9.21 Å². The number of carbonyl (C=O) groups excluding carboxylic acids is 1. The SMILES string of the molecule is CCC(=O)N1CCN(S(=O)(=O)c2ccc(CC)s2)CC1. The third kappa shape index (κ3) is 3.05. The van der Waals surface area contributed by atoms with Crippen LogP contribution in [-0.2, 0) is 21.2 Å². The molecule has 1 aliphatic heterocycles. The van der Waals surface area contributed by atoms with E-state index in [1.54, 1.807) is 11.0 Å². The first kappa shape index (κ1) is 15.5. The van der Waals surface area contributed by atoms with Crippen molar-refractivity contribution in [2.45, 2.75) is 30.9 Å². The Labute approximate surface area is 124 Å². The molecule has 7 heteroatoms. The van der Waals surface area contributed by atoms with Crippen molar-refractivity contribution < 1.29 is 13.2 Å². The Kier molecular flexibility index (Phi) is 4.82. The van der Waals surface area contributed by atoms with Crippen LogP contribution in [0.1, 0.15) is 25.1 Å². The van der Waals surface area contributed by atoms with Gasteiger partial charge in [-0.25, -0.2) is 8.42 Å². The Hall–Kier alpha value is -0.920. The number of amides is 1. The predicted octanol–water partition coefficient (Wildman–Crippen LogP) is 1.55. The third-order valence-corrected chi connectivity index (χ3v) is 7.07. The summed E-state index contributed by atoms with van der Waals surface area (Å²) in [5, 5.41) is 0. The Morgan fingerprint density at radius 3 is 2.35 bits per heavy atom. The first-order valence-corrected chi connectivity index (χ1v) is 9.11. The topological polar surface area (TPSA) is 57.7 Å². The molecule has 1 aromatic rings. The first-order chi connectivity index (χ1) is 9.48. The van der Waals surface area contributed by atoms with Gasteiger partial charge in [0.25, 0.3) is 10.0 Å². The molecule has 2 heterocycles. The summed E-state index contributed by atoms with van der Waals surface area (Å²) < 4.78 is 26.9. The van der Waals surface area contributed by atoms with E-state index in [1.807, 2.05) is 19.9 Å². The number of aryl methyl sites for hydroxylation is 1. The molecule has 0 bridgehead atoms. The van der Waals surface area contributed by atoms with Crippen molar-refractivity contribution >= 4 is 27.3 Å². The summed E-state index contributed by atoms with van der Waals surface area (Å²) in [5.41, 5.74) is 0. The van der Waals surface area contributed by atoms with E-state index in [2.05, 4.69) is 0 Å². The molecule has 20 heavy (non-hydrogen) atoms. The average molecular weight is 316 g/mol. The fraction of sp³-hybridized carbons (Fsp3) is 0.615. The maximum atomic E-state index is 12.5. The number of thiophene rings is 1.